The Labute approximate surface area is 156 Å². The molecule has 3 amide bonds. The molecule has 0 aliphatic rings. The molecule has 0 aromatic heterocycles. The van der Waals surface area contributed by atoms with E-state index in [4.69, 9.17) is 5.11 Å². The van der Waals surface area contributed by atoms with E-state index in [0.717, 1.165) is 25.2 Å². The minimum absolute atomic E-state index is 0.0496. The molecule has 0 saturated carbocycles. The molecular formula is C17H25F3N4O3. The predicted molar refractivity (Wildman–Crippen MR) is 95.9 cm³/mol. The van der Waals surface area contributed by atoms with Gasteiger partial charge in [-0.1, -0.05) is 13.8 Å². The number of halogens is 3. The Morgan fingerprint density at radius 2 is 1.63 bits per heavy atom. The Balaban J connectivity index is 2.74. The number of carbonyl (C=O) groups is 2. The molecule has 7 nitrogen and oxygen atoms in total. The number of amides is 3. The Hall–Kier alpha value is -2.49. The number of likely N-dealkylation sites (N-methyl/N-ethyl adjacent to an activating group) is 1. The molecule has 0 aliphatic carbocycles. The van der Waals surface area contributed by atoms with Gasteiger partial charge in [-0.25, -0.2) is 9.59 Å². The van der Waals surface area contributed by atoms with E-state index in [0.29, 0.717) is 13.1 Å². The van der Waals surface area contributed by atoms with Crippen molar-refractivity contribution in [1.29, 1.82) is 0 Å². The molecule has 1 aromatic rings. The Kier molecular flexibility index (Phi) is 8.86. The topological polar surface area (TPSA) is 84.9 Å². The second-order valence-electron chi connectivity index (χ2n) is 5.75. The van der Waals surface area contributed by atoms with Crippen LogP contribution in [-0.2, 0) is 6.18 Å². The molecule has 0 heterocycles. The second-order valence-corrected chi connectivity index (χ2v) is 5.75. The van der Waals surface area contributed by atoms with Gasteiger partial charge in [0.15, 0.2) is 0 Å². The van der Waals surface area contributed by atoms with Crippen molar-refractivity contribution in [3.8, 4) is 0 Å². The van der Waals surface area contributed by atoms with E-state index in [-0.39, 0.29) is 18.8 Å². The molecule has 0 radical (unpaired) electrons. The summed E-state index contributed by atoms with van der Waals surface area (Å²) in [6.07, 6.45) is -5.64. The molecule has 0 unspecified atom stereocenters. The molecule has 27 heavy (non-hydrogen) atoms. The van der Waals surface area contributed by atoms with Crippen LogP contribution in [0.3, 0.4) is 0 Å². The lowest BCUT2D eigenvalue weighted by Gasteiger charge is -2.26. The summed E-state index contributed by atoms with van der Waals surface area (Å²) in [4.78, 5) is 26.6. The van der Waals surface area contributed by atoms with Gasteiger partial charge in [0.1, 0.15) is 0 Å². The fourth-order valence-electron chi connectivity index (χ4n) is 2.36. The largest absolute Gasteiger partial charge is 0.465 e. The van der Waals surface area contributed by atoms with Gasteiger partial charge in [-0.05, 0) is 37.4 Å². The average Bonchev–Trinajstić information content (AvgIpc) is 2.60. The van der Waals surface area contributed by atoms with Crippen molar-refractivity contribution in [1.82, 2.24) is 15.1 Å². The third kappa shape index (κ3) is 8.16. The summed E-state index contributed by atoms with van der Waals surface area (Å²) in [5.74, 6) is 0. The van der Waals surface area contributed by atoms with Gasteiger partial charge in [0.05, 0.1) is 5.56 Å². The number of hydrogen-bond donors (Lipinski definition) is 3. The van der Waals surface area contributed by atoms with Crippen LogP contribution in [0, 0.1) is 0 Å². The first-order valence-electron chi connectivity index (χ1n) is 8.59. The van der Waals surface area contributed by atoms with Crippen molar-refractivity contribution >= 4 is 17.8 Å². The molecule has 0 bridgehead atoms. The lowest BCUT2D eigenvalue weighted by Crippen LogP contribution is -2.44. The van der Waals surface area contributed by atoms with E-state index in [1.807, 2.05) is 13.8 Å². The molecule has 152 valence electrons. The maximum atomic E-state index is 12.6. The zero-order valence-electron chi connectivity index (χ0n) is 15.3. The highest BCUT2D eigenvalue weighted by molar-refractivity contribution is 5.89. The highest BCUT2D eigenvalue weighted by Crippen LogP contribution is 2.29. The molecule has 0 atom stereocenters. The summed E-state index contributed by atoms with van der Waals surface area (Å²) in [5, 5.41) is 13.4. The van der Waals surface area contributed by atoms with E-state index in [1.165, 1.54) is 17.0 Å². The predicted octanol–water partition coefficient (Wildman–Crippen LogP) is 3.15. The van der Waals surface area contributed by atoms with Gasteiger partial charge in [-0.2, -0.15) is 13.2 Å². The summed E-state index contributed by atoms with van der Waals surface area (Å²) in [6.45, 7) is 6.73. The van der Waals surface area contributed by atoms with Gasteiger partial charge in [0.2, 0.25) is 0 Å². The minimum Gasteiger partial charge on any atom is -0.465 e. The lowest BCUT2D eigenvalue weighted by atomic mass is 10.2. The highest BCUT2D eigenvalue weighted by atomic mass is 19.4. The van der Waals surface area contributed by atoms with Crippen LogP contribution in [0.2, 0.25) is 0 Å². The van der Waals surface area contributed by atoms with Crippen LogP contribution in [0.1, 0.15) is 19.4 Å². The SMILES string of the molecule is CCN(CC)CCN(CCNC(=O)O)C(=O)Nc1ccc(C(F)(F)F)cc1. The van der Waals surface area contributed by atoms with Crippen LogP contribution in [0.4, 0.5) is 28.4 Å². The van der Waals surface area contributed by atoms with Crippen molar-refractivity contribution in [2.45, 2.75) is 20.0 Å². The first kappa shape index (κ1) is 22.6. The van der Waals surface area contributed by atoms with Crippen molar-refractivity contribution in [3.63, 3.8) is 0 Å². The lowest BCUT2D eigenvalue weighted by molar-refractivity contribution is -0.137. The third-order valence-electron chi connectivity index (χ3n) is 3.99. The zero-order chi connectivity index (χ0) is 20.4. The van der Waals surface area contributed by atoms with Crippen LogP contribution in [-0.4, -0.2) is 66.3 Å². The monoisotopic (exact) mass is 390 g/mol. The molecular weight excluding hydrogens is 365 g/mol. The molecule has 0 aliphatic heterocycles. The quantitative estimate of drug-likeness (QED) is 0.605. The van der Waals surface area contributed by atoms with Crippen molar-refractivity contribution < 1.29 is 27.9 Å². The Morgan fingerprint density at radius 1 is 1.04 bits per heavy atom. The fourth-order valence-corrected chi connectivity index (χ4v) is 2.36. The number of hydrogen-bond acceptors (Lipinski definition) is 3. The summed E-state index contributed by atoms with van der Waals surface area (Å²) in [7, 11) is 0. The van der Waals surface area contributed by atoms with Gasteiger partial charge in [0, 0.05) is 31.9 Å². The van der Waals surface area contributed by atoms with Crippen molar-refractivity contribution in [3.05, 3.63) is 29.8 Å². The standard InChI is InChI=1S/C17H25F3N4O3/c1-3-23(4-2)11-12-24(10-9-21-16(26)27)15(25)22-14-7-5-13(6-8-14)17(18,19)20/h5-8,21H,3-4,9-12H2,1-2H3,(H,22,25)(H,26,27). The van der Waals surface area contributed by atoms with Crippen LogP contribution < -0.4 is 10.6 Å². The van der Waals surface area contributed by atoms with Gasteiger partial charge in [-0.15, -0.1) is 0 Å². The number of benzene rings is 1. The first-order valence-corrected chi connectivity index (χ1v) is 8.59. The van der Waals surface area contributed by atoms with E-state index < -0.39 is 23.9 Å². The van der Waals surface area contributed by atoms with Gasteiger partial charge in [0.25, 0.3) is 0 Å². The molecule has 3 N–H and O–H groups in total. The number of alkyl halides is 3. The van der Waals surface area contributed by atoms with Crippen molar-refractivity contribution in [2.75, 3.05) is 44.6 Å². The Bertz CT molecular complexity index is 604. The van der Waals surface area contributed by atoms with Crippen molar-refractivity contribution in [2.24, 2.45) is 0 Å². The van der Waals surface area contributed by atoms with Gasteiger partial charge in [-0.3, -0.25) is 0 Å². The number of carboxylic acid groups (broad SMARTS) is 1. The number of carbonyl (C=O) groups excluding carboxylic acids is 1. The maximum Gasteiger partial charge on any atom is 0.416 e. The highest BCUT2D eigenvalue weighted by Gasteiger charge is 2.30. The molecule has 0 fully saturated rings. The van der Waals surface area contributed by atoms with Crippen LogP contribution in [0.15, 0.2) is 24.3 Å². The normalized spacial score (nSPS) is 11.3. The van der Waals surface area contributed by atoms with Gasteiger partial charge >= 0.3 is 18.3 Å². The minimum atomic E-state index is -4.44. The van der Waals surface area contributed by atoms with E-state index >= 15 is 0 Å². The number of nitrogens with one attached hydrogen (secondary N) is 2. The van der Waals surface area contributed by atoms with E-state index in [9.17, 15) is 22.8 Å². The first-order chi connectivity index (χ1) is 12.7. The molecule has 1 rings (SSSR count). The second kappa shape index (κ2) is 10.6. The number of rotatable bonds is 9. The average molecular weight is 390 g/mol. The number of urea groups is 1. The van der Waals surface area contributed by atoms with E-state index in [2.05, 4.69) is 15.5 Å². The molecule has 10 heteroatoms. The summed E-state index contributed by atoms with van der Waals surface area (Å²) in [6, 6.07) is 3.63. The summed E-state index contributed by atoms with van der Waals surface area (Å²) < 4.78 is 37.8. The van der Waals surface area contributed by atoms with Crippen LogP contribution >= 0.6 is 0 Å². The summed E-state index contributed by atoms with van der Waals surface area (Å²) >= 11 is 0. The third-order valence-corrected chi connectivity index (χ3v) is 3.99. The van der Waals surface area contributed by atoms with E-state index in [1.54, 1.807) is 0 Å². The Morgan fingerprint density at radius 3 is 2.11 bits per heavy atom. The maximum absolute atomic E-state index is 12.6. The zero-order valence-corrected chi connectivity index (χ0v) is 15.3. The number of anilines is 1. The molecule has 0 saturated heterocycles. The van der Waals surface area contributed by atoms with Crippen LogP contribution in [0.5, 0.6) is 0 Å². The molecule has 1 aromatic carbocycles. The molecule has 0 spiro atoms. The smallest absolute Gasteiger partial charge is 0.416 e. The summed E-state index contributed by atoms with van der Waals surface area (Å²) in [5.41, 5.74) is -0.573. The van der Waals surface area contributed by atoms with Gasteiger partial charge < -0.3 is 25.5 Å². The van der Waals surface area contributed by atoms with Crippen LogP contribution in [0.25, 0.3) is 0 Å². The number of nitrogens with zero attached hydrogens (tertiary/aromatic N) is 2. The fraction of sp³-hybridized carbons (Fsp3) is 0.529.